The molecule has 0 atom stereocenters. The number of ketones is 1. The van der Waals surface area contributed by atoms with Crippen LogP contribution in [0.5, 0.6) is 0 Å². The van der Waals surface area contributed by atoms with Gasteiger partial charge in [0.2, 0.25) is 5.78 Å². The van der Waals surface area contributed by atoms with Gasteiger partial charge in [0.25, 0.3) is 0 Å². The maximum atomic E-state index is 13.2. The molecule has 0 saturated carbocycles. The van der Waals surface area contributed by atoms with Crippen molar-refractivity contribution in [1.29, 1.82) is 0 Å². The van der Waals surface area contributed by atoms with E-state index in [2.05, 4.69) is 46.8 Å². The summed E-state index contributed by atoms with van der Waals surface area (Å²) in [6, 6.07) is 18.5. The molecule has 1 aliphatic heterocycles. The number of benzene rings is 2. The number of fused-ring (bicyclic) bond motifs is 1. The molecule has 0 N–H and O–H groups in total. The van der Waals surface area contributed by atoms with Crippen LogP contribution < -0.4 is 0 Å². The van der Waals surface area contributed by atoms with Gasteiger partial charge in [-0.05, 0) is 57.1 Å². The lowest BCUT2D eigenvalue weighted by Crippen LogP contribution is -2.34. The predicted octanol–water partition coefficient (Wildman–Crippen LogP) is 4.96. The molecule has 1 aromatic heterocycles. The number of halogens is 2. The number of nitrogens with zero attached hydrogens (tertiary/aromatic N) is 3. The Kier molecular flexibility index (Phi) is 8.40. The van der Waals surface area contributed by atoms with Crippen molar-refractivity contribution in [3.63, 3.8) is 0 Å². The number of hydrogen-bond acceptors (Lipinski definition) is 3. The van der Waals surface area contributed by atoms with Gasteiger partial charge in [-0.15, -0.1) is 34.0 Å². The number of likely N-dealkylation sites (tertiary alicyclic amines) is 1. The number of carbonyl (C=O) groups excluding carboxylic acids is 1. The summed E-state index contributed by atoms with van der Waals surface area (Å²) in [5, 5.41) is 0. The Morgan fingerprint density at radius 3 is 2.36 bits per heavy atom. The summed E-state index contributed by atoms with van der Waals surface area (Å²) in [7, 11) is 2.12. The van der Waals surface area contributed by atoms with Gasteiger partial charge in [0.15, 0.2) is 5.82 Å². The van der Waals surface area contributed by atoms with E-state index in [1.54, 1.807) is 0 Å². The number of piperidine rings is 1. The molecule has 2 aromatic carbocycles. The summed E-state index contributed by atoms with van der Waals surface area (Å²) >= 11 is 0. The van der Waals surface area contributed by atoms with E-state index in [9.17, 15) is 4.79 Å². The van der Waals surface area contributed by atoms with Gasteiger partial charge < -0.3 is 9.47 Å². The van der Waals surface area contributed by atoms with Gasteiger partial charge in [0.1, 0.15) is 0 Å². The van der Waals surface area contributed by atoms with E-state index in [-0.39, 0.29) is 45.7 Å². The zero-order valence-corrected chi connectivity index (χ0v) is 19.5. The van der Waals surface area contributed by atoms with Crippen LogP contribution in [-0.2, 0) is 13.0 Å². The van der Waals surface area contributed by atoms with Gasteiger partial charge in [-0.3, -0.25) is 4.79 Å². The van der Waals surface area contributed by atoms with Crippen molar-refractivity contribution in [2.45, 2.75) is 25.8 Å². The van der Waals surface area contributed by atoms with E-state index < -0.39 is 0 Å². The third kappa shape index (κ3) is 4.91. The van der Waals surface area contributed by atoms with Crippen molar-refractivity contribution in [2.24, 2.45) is 5.92 Å². The van der Waals surface area contributed by atoms with Gasteiger partial charge in [-0.25, -0.2) is 4.98 Å². The molecule has 1 aliphatic rings. The van der Waals surface area contributed by atoms with Crippen molar-refractivity contribution in [2.75, 3.05) is 20.1 Å². The summed E-state index contributed by atoms with van der Waals surface area (Å²) in [6.07, 6.45) is 2.75. The van der Waals surface area contributed by atoms with Crippen molar-refractivity contribution in [3.8, 4) is 0 Å². The second-order valence-corrected chi connectivity index (χ2v) is 7.25. The number of carbonyl (C=O) groups is 1. The molecular formula is C22H27Br2N3O. The average molecular weight is 509 g/mol. The molecule has 0 amide bonds. The van der Waals surface area contributed by atoms with E-state index in [1.807, 2.05) is 24.3 Å². The fraction of sp³-hybridized carbons (Fsp3) is 0.364. The van der Waals surface area contributed by atoms with Crippen LogP contribution in [0.3, 0.4) is 0 Å². The number of aromatic nitrogens is 2. The highest BCUT2D eigenvalue weighted by Gasteiger charge is 2.28. The van der Waals surface area contributed by atoms with Crippen LogP contribution in [0.1, 0.15) is 29.0 Å². The zero-order valence-electron chi connectivity index (χ0n) is 16.1. The van der Waals surface area contributed by atoms with Crippen molar-refractivity contribution >= 4 is 50.8 Å². The van der Waals surface area contributed by atoms with E-state index in [1.165, 1.54) is 5.56 Å². The van der Waals surface area contributed by atoms with E-state index >= 15 is 0 Å². The van der Waals surface area contributed by atoms with Gasteiger partial charge >= 0.3 is 0 Å². The van der Waals surface area contributed by atoms with E-state index in [0.29, 0.717) is 5.82 Å². The Bertz CT molecular complexity index is 903. The van der Waals surface area contributed by atoms with Crippen LogP contribution in [0, 0.1) is 5.92 Å². The normalized spacial score (nSPS) is 15.0. The van der Waals surface area contributed by atoms with Gasteiger partial charge in [0, 0.05) is 12.5 Å². The molecule has 150 valence electrons. The zero-order chi connectivity index (χ0) is 17.9. The minimum Gasteiger partial charge on any atom is -0.321 e. The third-order valence-electron chi connectivity index (χ3n) is 5.43. The Hall–Kier alpha value is -1.50. The smallest absolute Gasteiger partial charge is 0.201 e. The van der Waals surface area contributed by atoms with Crippen LogP contribution in [-0.4, -0.2) is 40.4 Å². The Morgan fingerprint density at radius 1 is 1.00 bits per heavy atom. The molecule has 28 heavy (non-hydrogen) atoms. The highest BCUT2D eigenvalue weighted by molar-refractivity contribution is 8.93. The first-order valence-electron chi connectivity index (χ1n) is 9.44. The first kappa shape index (κ1) is 22.8. The van der Waals surface area contributed by atoms with Crippen LogP contribution in [0.25, 0.3) is 11.0 Å². The Morgan fingerprint density at radius 2 is 1.64 bits per heavy atom. The maximum Gasteiger partial charge on any atom is 0.201 e. The molecule has 4 nitrogen and oxygen atoms in total. The topological polar surface area (TPSA) is 38.1 Å². The van der Waals surface area contributed by atoms with Crippen LogP contribution >= 0.6 is 34.0 Å². The molecular weight excluding hydrogens is 482 g/mol. The number of para-hydroxylation sites is 2. The molecule has 0 spiro atoms. The fourth-order valence-corrected chi connectivity index (χ4v) is 3.83. The van der Waals surface area contributed by atoms with Gasteiger partial charge in [-0.1, -0.05) is 42.5 Å². The highest BCUT2D eigenvalue weighted by atomic mass is 79.9. The molecule has 0 unspecified atom stereocenters. The van der Waals surface area contributed by atoms with Gasteiger partial charge in [-0.2, -0.15) is 0 Å². The highest BCUT2D eigenvalue weighted by Crippen LogP contribution is 2.24. The van der Waals surface area contributed by atoms with E-state index in [4.69, 9.17) is 4.98 Å². The maximum absolute atomic E-state index is 13.2. The lowest BCUT2D eigenvalue weighted by molar-refractivity contribution is 0.0842. The Balaban J connectivity index is 0.00000140. The van der Waals surface area contributed by atoms with Crippen LogP contribution in [0.4, 0.5) is 0 Å². The summed E-state index contributed by atoms with van der Waals surface area (Å²) in [5.41, 5.74) is 3.25. The average Bonchev–Trinajstić information content (AvgIpc) is 3.06. The molecule has 3 aromatic rings. The Labute approximate surface area is 187 Å². The molecule has 1 saturated heterocycles. The van der Waals surface area contributed by atoms with Crippen molar-refractivity contribution in [1.82, 2.24) is 14.5 Å². The molecule has 0 bridgehead atoms. The van der Waals surface area contributed by atoms with Crippen LogP contribution in [0.2, 0.25) is 0 Å². The summed E-state index contributed by atoms with van der Waals surface area (Å²) in [6.45, 7) is 2.75. The standard InChI is InChI=1S/C22H25N3O.2BrH/c1-24-14-12-18(13-15-24)21(26)22-23-19-9-5-6-10-20(19)25(22)16-11-17-7-3-2-4-8-17;;/h2-10,18H,11-16H2,1H3;2*1H. The lowest BCUT2D eigenvalue weighted by atomic mass is 9.92. The molecule has 2 heterocycles. The number of imidazole rings is 1. The van der Waals surface area contributed by atoms with Crippen molar-refractivity contribution in [3.05, 3.63) is 66.0 Å². The quantitative estimate of drug-likeness (QED) is 0.457. The first-order valence-corrected chi connectivity index (χ1v) is 9.44. The molecule has 4 rings (SSSR count). The number of hydrogen-bond donors (Lipinski definition) is 0. The van der Waals surface area contributed by atoms with Gasteiger partial charge in [0.05, 0.1) is 11.0 Å². The van der Waals surface area contributed by atoms with Crippen LogP contribution in [0.15, 0.2) is 54.6 Å². The molecule has 6 heteroatoms. The van der Waals surface area contributed by atoms with E-state index in [0.717, 1.165) is 49.9 Å². The minimum absolute atomic E-state index is 0. The molecule has 0 aliphatic carbocycles. The monoisotopic (exact) mass is 507 g/mol. The lowest BCUT2D eigenvalue weighted by Gasteiger charge is -2.27. The summed E-state index contributed by atoms with van der Waals surface area (Å²) in [5.74, 6) is 0.942. The summed E-state index contributed by atoms with van der Waals surface area (Å²) in [4.78, 5) is 20.2. The van der Waals surface area contributed by atoms with Crippen molar-refractivity contribution < 1.29 is 4.79 Å². The largest absolute Gasteiger partial charge is 0.321 e. The first-order chi connectivity index (χ1) is 12.7. The summed E-state index contributed by atoms with van der Waals surface area (Å²) < 4.78 is 2.13. The predicted molar refractivity (Wildman–Crippen MR) is 125 cm³/mol. The fourth-order valence-electron chi connectivity index (χ4n) is 3.83. The second kappa shape index (κ2) is 10.3. The second-order valence-electron chi connectivity index (χ2n) is 7.25. The SMILES string of the molecule is Br.Br.CN1CCC(C(=O)c2nc3ccccc3n2CCc2ccccc2)CC1. The minimum atomic E-state index is 0. The molecule has 1 fully saturated rings. The number of aryl methyl sites for hydroxylation is 2. The number of Topliss-reactive ketones (excluding diaryl/α,β-unsaturated/α-hetero) is 1. The third-order valence-corrected chi connectivity index (χ3v) is 5.43. The molecule has 0 radical (unpaired) electrons. The number of rotatable bonds is 5.